The number of nitrogens with two attached hydrogens (primary N) is 1. The van der Waals surface area contributed by atoms with Crippen LogP contribution in [0.15, 0.2) is 39.4 Å². The summed E-state index contributed by atoms with van der Waals surface area (Å²) in [7, 11) is 0. The lowest BCUT2D eigenvalue weighted by Crippen LogP contribution is -2.12. The highest BCUT2D eigenvalue weighted by atomic mass is 79.9. The van der Waals surface area contributed by atoms with Gasteiger partial charge in [-0.1, -0.05) is 23.7 Å². The molecule has 0 spiro atoms. The first-order valence-electron chi connectivity index (χ1n) is 4.54. The lowest BCUT2D eigenvalue weighted by Gasteiger charge is -2.10. The lowest BCUT2D eigenvalue weighted by atomic mass is 10.1. The molecule has 0 radical (unpaired) electrons. The second-order valence-electron chi connectivity index (χ2n) is 3.26. The smallest absolute Gasteiger partial charge is 0.169 e. The van der Waals surface area contributed by atoms with Crippen LogP contribution in [-0.4, -0.2) is 0 Å². The van der Waals surface area contributed by atoms with Crippen molar-refractivity contribution in [1.29, 1.82) is 0 Å². The van der Waals surface area contributed by atoms with Gasteiger partial charge in [0.1, 0.15) is 11.6 Å². The molecule has 0 aliphatic heterocycles. The normalized spacial score (nSPS) is 12.8. The molecule has 2 rings (SSSR count). The molecule has 1 unspecified atom stereocenters. The van der Waals surface area contributed by atoms with Crippen LogP contribution in [0.4, 0.5) is 4.39 Å². The summed E-state index contributed by atoms with van der Waals surface area (Å²) >= 11 is 8.84. The molecule has 1 aromatic heterocycles. The van der Waals surface area contributed by atoms with Crippen LogP contribution in [0.25, 0.3) is 0 Å². The number of halogens is 3. The third-order valence-electron chi connectivity index (χ3n) is 2.22. The predicted molar refractivity (Wildman–Crippen MR) is 63.8 cm³/mol. The summed E-state index contributed by atoms with van der Waals surface area (Å²) in [4.78, 5) is 0. The molecule has 84 valence electrons. The fourth-order valence-electron chi connectivity index (χ4n) is 1.41. The molecular weight excluding hydrogens is 296 g/mol. The van der Waals surface area contributed by atoms with Crippen molar-refractivity contribution in [2.24, 2.45) is 5.73 Å². The summed E-state index contributed by atoms with van der Waals surface area (Å²) < 4.78 is 19.5. The Kier molecular flexibility index (Phi) is 3.33. The van der Waals surface area contributed by atoms with Gasteiger partial charge < -0.3 is 10.2 Å². The molecule has 1 aromatic carbocycles. The highest BCUT2D eigenvalue weighted by molar-refractivity contribution is 9.10. The summed E-state index contributed by atoms with van der Waals surface area (Å²) in [5, 5.41) is 0.0542. The molecule has 0 amide bonds. The maximum Gasteiger partial charge on any atom is 0.169 e. The molecule has 0 fully saturated rings. The van der Waals surface area contributed by atoms with Crippen LogP contribution >= 0.6 is 27.5 Å². The monoisotopic (exact) mass is 303 g/mol. The van der Waals surface area contributed by atoms with Crippen LogP contribution < -0.4 is 5.73 Å². The average Bonchev–Trinajstić information content (AvgIpc) is 2.68. The Hall–Kier alpha value is -0.840. The zero-order chi connectivity index (χ0) is 11.7. The fourth-order valence-corrected chi connectivity index (χ4v) is 1.91. The van der Waals surface area contributed by atoms with Crippen LogP contribution in [0.3, 0.4) is 0 Å². The summed E-state index contributed by atoms with van der Waals surface area (Å²) in [5.74, 6) is -0.0303. The minimum Gasteiger partial charge on any atom is -0.452 e. The van der Waals surface area contributed by atoms with E-state index in [2.05, 4.69) is 15.9 Å². The quantitative estimate of drug-likeness (QED) is 0.914. The van der Waals surface area contributed by atoms with Gasteiger partial charge >= 0.3 is 0 Å². The first kappa shape index (κ1) is 11.6. The molecule has 1 atom stereocenters. The van der Waals surface area contributed by atoms with Crippen LogP contribution in [0, 0.1) is 5.82 Å². The van der Waals surface area contributed by atoms with E-state index in [-0.39, 0.29) is 5.02 Å². The first-order valence-corrected chi connectivity index (χ1v) is 5.71. The van der Waals surface area contributed by atoms with Gasteiger partial charge in [0.05, 0.1) is 11.1 Å². The number of benzene rings is 1. The molecule has 1 heterocycles. The molecule has 16 heavy (non-hydrogen) atoms. The molecule has 5 heteroatoms. The molecule has 2 N–H and O–H groups in total. The van der Waals surface area contributed by atoms with E-state index >= 15 is 0 Å². The van der Waals surface area contributed by atoms with Gasteiger partial charge in [-0.15, -0.1) is 0 Å². The van der Waals surface area contributed by atoms with Crippen molar-refractivity contribution in [2.45, 2.75) is 6.04 Å². The summed E-state index contributed by atoms with van der Waals surface area (Å²) in [6.45, 7) is 0. The maximum absolute atomic E-state index is 13.7. The Morgan fingerprint density at radius 3 is 2.69 bits per heavy atom. The Morgan fingerprint density at radius 2 is 2.06 bits per heavy atom. The van der Waals surface area contributed by atoms with Gasteiger partial charge in [-0.05, 0) is 34.1 Å². The van der Waals surface area contributed by atoms with Crippen molar-refractivity contribution in [2.75, 3.05) is 0 Å². The predicted octanol–water partition coefficient (Wildman–Crippen LogP) is 3.88. The Bertz CT molecular complexity index is 514. The van der Waals surface area contributed by atoms with E-state index in [1.807, 2.05) is 0 Å². The Balaban J connectivity index is 2.41. The van der Waals surface area contributed by atoms with Gasteiger partial charge in [-0.2, -0.15) is 0 Å². The zero-order valence-corrected chi connectivity index (χ0v) is 10.4. The third kappa shape index (κ3) is 2.14. The minimum atomic E-state index is -0.662. The van der Waals surface area contributed by atoms with Crippen molar-refractivity contribution in [3.63, 3.8) is 0 Å². The van der Waals surface area contributed by atoms with E-state index in [1.54, 1.807) is 24.3 Å². The van der Waals surface area contributed by atoms with Crippen LogP contribution in [0.5, 0.6) is 0 Å². The molecule has 0 aliphatic rings. The first-order chi connectivity index (χ1) is 7.59. The molecule has 0 saturated carbocycles. The van der Waals surface area contributed by atoms with Crippen molar-refractivity contribution < 1.29 is 8.81 Å². The van der Waals surface area contributed by atoms with Gasteiger partial charge in [0.25, 0.3) is 0 Å². The van der Waals surface area contributed by atoms with Gasteiger partial charge in [0.15, 0.2) is 4.67 Å². The second-order valence-corrected chi connectivity index (χ2v) is 4.45. The maximum atomic E-state index is 13.7. The Labute approximate surface area is 105 Å². The minimum absolute atomic E-state index is 0.0542. The molecule has 0 aliphatic carbocycles. The topological polar surface area (TPSA) is 39.2 Å². The molecule has 0 bridgehead atoms. The van der Waals surface area contributed by atoms with Crippen LogP contribution in [-0.2, 0) is 0 Å². The molecule has 2 aromatic rings. The molecular formula is C11H8BrClFNO. The van der Waals surface area contributed by atoms with Crippen molar-refractivity contribution in [3.05, 3.63) is 57.2 Å². The summed E-state index contributed by atoms with van der Waals surface area (Å²) in [6, 6.07) is 7.45. The summed E-state index contributed by atoms with van der Waals surface area (Å²) in [5.41, 5.74) is 6.20. The SMILES string of the molecule is NC(c1ccc(Br)o1)c1cccc(Cl)c1F. The van der Waals surface area contributed by atoms with E-state index in [0.717, 1.165) is 0 Å². The van der Waals surface area contributed by atoms with Gasteiger partial charge in [-0.3, -0.25) is 0 Å². The summed E-state index contributed by atoms with van der Waals surface area (Å²) in [6.07, 6.45) is 0. The number of furan rings is 1. The number of rotatable bonds is 2. The van der Waals surface area contributed by atoms with E-state index < -0.39 is 11.9 Å². The zero-order valence-electron chi connectivity index (χ0n) is 8.08. The van der Waals surface area contributed by atoms with E-state index in [4.69, 9.17) is 21.8 Å². The third-order valence-corrected chi connectivity index (χ3v) is 2.94. The van der Waals surface area contributed by atoms with Gasteiger partial charge in [0.2, 0.25) is 0 Å². The Morgan fingerprint density at radius 1 is 1.31 bits per heavy atom. The number of hydrogen-bond donors (Lipinski definition) is 1. The fraction of sp³-hybridized carbons (Fsp3) is 0.0909. The van der Waals surface area contributed by atoms with E-state index in [9.17, 15) is 4.39 Å². The largest absolute Gasteiger partial charge is 0.452 e. The second kappa shape index (κ2) is 4.57. The van der Waals surface area contributed by atoms with Gasteiger partial charge in [-0.25, -0.2) is 4.39 Å². The molecule has 2 nitrogen and oxygen atoms in total. The highest BCUT2D eigenvalue weighted by Gasteiger charge is 2.18. The average molecular weight is 305 g/mol. The van der Waals surface area contributed by atoms with Crippen LogP contribution in [0.1, 0.15) is 17.4 Å². The van der Waals surface area contributed by atoms with Crippen LogP contribution in [0.2, 0.25) is 5.02 Å². The van der Waals surface area contributed by atoms with Gasteiger partial charge in [0, 0.05) is 5.56 Å². The van der Waals surface area contributed by atoms with Crippen molar-refractivity contribution in [1.82, 2.24) is 0 Å². The lowest BCUT2D eigenvalue weighted by molar-refractivity contribution is 0.463. The number of hydrogen-bond acceptors (Lipinski definition) is 2. The van der Waals surface area contributed by atoms with Crippen molar-refractivity contribution >= 4 is 27.5 Å². The molecule has 0 saturated heterocycles. The highest BCUT2D eigenvalue weighted by Crippen LogP contribution is 2.28. The van der Waals surface area contributed by atoms with E-state index in [0.29, 0.717) is 16.0 Å². The standard InChI is InChI=1S/C11H8BrClFNO/c12-9-5-4-8(16-9)11(15)6-2-1-3-7(13)10(6)14/h1-5,11H,15H2. The van der Waals surface area contributed by atoms with E-state index in [1.165, 1.54) is 6.07 Å². The van der Waals surface area contributed by atoms with Crippen molar-refractivity contribution in [3.8, 4) is 0 Å².